The highest BCUT2D eigenvalue weighted by atomic mass is 16.4. The topological polar surface area (TPSA) is 83.6 Å². The third-order valence-electron chi connectivity index (χ3n) is 3.02. The number of amides is 1. The number of hydrogen-bond acceptors (Lipinski definition) is 3. The summed E-state index contributed by atoms with van der Waals surface area (Å²) in [5.41, 5.74) is 4.47. The van der Waals surface area contributed by atoms with E-state index in [4.69, 9.17) is 17.3 Å². The number of rotatable bonds is 3. The minimum Gasteiger partial charge on any atom is -0.480 e. The van der Waals surface area contributed by atoms with Gasteiger partial charge in [-0.2, -0.15) is 0 Å². The zero-order valence-corrected chi connectivity index (χ0v) is 9.27. The summed E-state index contributed by atoms with van der Waals surface area (Å²) in [4.78, 5) is 24.4. The number of carbonyl (C=O) groups excluding carboxylic acids is 1. The largest absolute Gasteiger partial charge is 0.480 e. The molecule has 0 spiro atoms. The number of aliphatic carboxylic acids is 1. The molecule has 1 saturated heterocycles. The number of carbonyl (C=O) groups is 2. The van der Waals surface area contributed by atoms with Crippen LogP contribution < -0.4 is 5.73 Å². The fraction of sp³-hybridized carbons (Fsp3) is 0.636. The Balaban J connectivity index is 2.84. The molecule has 3 N–H and O–H groups in total. The van der Waals surface area contributed by atoms with E-state index in [0.29, 0.717) is 19.4 Å². The fourth-order valence-electron chi connectivity index (χ4n) is 1.95. The van der Waals surface area contributed by atoms with Crippen LogP contribution in [-0.2, 0) is 9.59 Å². The van der Waals surface area contributed by atoms with Crippen LogP contribution in [0.5, 0.6) is 0 Å². The highest BCUT2D eigenvalue weighted by Crippen LogP contribution is 2.29. The average Bonchev–Trinajstić information content (AvgIpc) is 2.61. The van der Waals surface area contributed by atoms with Crippen molar-refractivity contribution in [2.24, 2.45) is 5.73 Å². The van der Waals surface area contributed by atoms with Crippen molar-refractivity contribution in [3.8, 4) is 12.3 Å². The molecule has 1 amide bonds. The number of carboxylic acid groups (broad SMARTS) is 1. The van der Waals surface area contributed by atoms with Gasteiger partial charge in [0.05, 0.1) is 6.04 Å². The Labute approximate surface area is 94.6 Å². The van der Waals surface area contributed by atoms with Crippen LogP contribution in [0, 0.1) is 12.3 Å². The van der Waals surface area contributed by atoms with Crippen molar-refractivity contribution in [3.63, 3.8) is 0 Å². The Morgan fingerprint density at radius 2 is 2.31 bits per heavy atom. The molecule has 0 radical (unpaired) electrons. The lowest BCUT2D eigenvalue weighted by atomic mass is 9.98. The first-order valence-corrected chi connectivity index (χ1v) is 5.17. The van der Waals surface area contributed by atoms with Crippen LogP contribution in [0.15, 0.2) is 0 Å². The molecule has 2 unspecified atom stereocenters. The van der Waals surface area contributed by atoms with Crippen LogP contribution >= 0.6 is 0 Å². The van der Waals surface area contributed by atoms with Gasteiger partial charge in [-0.3, -0.25) is 4.79 Å². The number of hydrogen-bond donors (Lipinski definition) is 2. The normalized spacial score (nSPS) is 26.2. The van der Waals surface area contributed by atoms with Crippen molar-refractivity contribution >= 4 is 11.9 Å². The summed E-state index contributed by atoms with van der Waals surface area (Å²) in [6, 6.07) is -0.804. The molecule has 0 aliphatic carbocycles. The van der Waals surface area contributed by atoms with Crippen molar-refractivity contribution in [1.29, 1.82) is 0 Å². The molecule has 5 heteroatoms. The van der Waals surface area contributed by atoms with Gasteiger partial charge in [0.2, 0.25) is 5.91 Å². The van der Waals surface area contributed by atoms with E-state index in [1.807, 2.05) is 0 Å². The zero-order valence-electron chi connectivity index (χ0n) is 9.27. The Morgan fingerprint density at radius 3 is 2.81 bits per heavy atom. The Kier molecular flexibility index (Phi) is 3.55. The first-order valence-electron chi connectivity index (χ1n) is 5.17. The van der Waals surface area contributed by atoms with Crippen LogP contribution in [0.4, 0.5) is 0 Å². The van der Waals surface area contributed by atoms with Gasteiger partial charge in [-0.1, -0.05) is 0 Å². The lowest BCUT2D eigenvalue weighted by Crippen LogP contribution is -2.55. The zero-order chi connectivity index (χ0) is 12.3. The van der Waals surface area contributed by atoms with Gasteiger partial charge in [-0.05, 0) is 19.8 Å². The standard InChI is InChI=1S/C11H16N2O3/c1-3-5-8(12)9(14)13-7-4-6-11(13,2)10(15)16/h1,8H,4-7,12H2,2H3,(H,15,16). The summed E-state index contributed by atoms with van der Waals surface area (Å²) < 4.78 is 0. The van der Waals surface area contributed by atoms with Crippen LogP contribution in [0.3, 0.4) is 0 Å². The lowest BCUT2D eigenvalue weighted by Gasteiger charge is -2.32. The van der Waals surface area contributed by atoms with E-state index >= 15 is 0 Å². The van der Waals surface area contributed by atoms with Crippen molar-refractivity contribution in [2.75, 3.05) is 6.54 Å². The van der Waals surface area contributed by atoms with E-state index in [1.165, 1.54) is 4.90 Å². The maximum Gasteiger partial charge on any atom is 0.329 e. The van der Waals surface area contributed by atoms with Gasteiger partial charge in [0.25, 0.3) is 0 Å². The van der Waals surface area contributed by atoms with Crippen LogP contribution in [-0.4, -0.2) is 40.0 Å². The van der Waals surface area contributed by atoms with Gasteiger partial charge in [-0.25, -0.2) is 4.79 Å². The van der Waals surface area contributed by atoms with Crippen molar-refractivity contribution < 1.29 is 14.7 Å². The summed E-state index contributed by atoms with van der Waals surface area (Å²) in [6.45, 7) is 1.97. The molecule has 16 heavy (non-hydrogen) atoms. The average molecular weight is 224 g/mol. The highest BCUT2D eigenvalue weighted by Gasteiger charge is 2.46. The number of likely N-dealkylation sites (tertiary alicyclic amines) is 1. The lowest BCUT2D eigenvalue weighted by molar-refractivity contribution is -0.155. The maximum atomic E-state index is 11.9. The highest BCUT2D eigenvalue weighted by molar-refractivity contribution is 5.90. The van der Waals surface area contributed by atoms with Crippen molar-refractivity contribution in [1.82, 2.24) is 4.90 Å². The number of nitrogens with zero attached hydrogens (tertiary/aromatic N) is 1. The molecule has 0 saturated carbocycles. The maximum absolute atomic E-state index is 11.9. The Hall–Kier alpha value is -1.54. The molecule has 2 atom stereocenters. The first-order chi connectivity index (χ1) is 7.43. The van der Waals surface area contributed by atoms with Gasteiger partial charge in [0.15, 0.2) is 0 Å². The molecule has 1 fully saturated rings. The smallest absolute Gasteiger partial charge is 0.329 e. The summed E-state index contributed by atoms with van der Waals surface area (Å²) in [5.74, 6) is 0.940. The molecule has 0 aromatic heterocycles. The van der Waals surface area contributed by atoms with Gasteiger partial charge in [0, 0.05) is 13.0 Å². The van der Waals surface area contributed by atoms with Gasteiger partial charge < -0.3 is 15.7 Å². The van der Waals surface area contributed by atoms with Gasteiger partial charge >= 0.3 is 5.97 Å². The van der Waals surface area contributed by atoms with Crippen LogP contribution in [0.2, 0.25) is 0 Å². The van der Waals surface area contributed by atoms with E-state index in [1.54, 1.807) is 6.92 Å². The summed E-state index contributed by atoms with van der Waals surface area (Å²) in [6.07, 6.45) is 6.34. The molecule has 88 valence electrons. The van der Waals surface area contributed by atoms with Crippen molar-refractivity contribution in [3.05, 3.63) is 0 Å². The summed E-state index contributed by atoms with van der Waals surface area (Å²) in [5, 5.41) is 9.13. The Morgan fingerprint density at radius 1 is 1.69 bits per heavy atom. The number of nitrogens with two attached hydrogens (primary N) is 1. The number of carboxylic acids is 1. The second kappa shape index (κ2) is 4.54. The second-order valence-corrected chi connectivity index (χ2v) is 4.19. The molecule has 1 heterocycles. The summed E-state index contributed by atoms with van der Waals surface area (Å²) >= 11 is 0. The molecule has 0 aromatic carbocycles. The molecule has 1 aliphatic heterocycles. The fourth-order valence-corrected chi connectivity index (χ4v) is 1.95. The molecule has 5 nitrogen and oxygen atoms in total. The van der Waals surface area contributed by atoms with E-state index < -0.39 is 17.6 Å². The quantitative estimate of drug-likeness (QED) is 0.650. The van der Waals surface area contributed by atoms with Crippen molar-refractivity contribution in [2.45, 2.75) is 37.8 Å². The Bertz CT molecular complexity index is 348. The number of terminal acetylenes is 1. The molecular weight excluding hydrogens is 208 g/mol. The van der Waals surface area contributed by atoms with E-state index in [-0.39, 0.29) is 12.3 Å². The van der Waals surface area contributed by atoms with Gasteiger partial charge in [0.1, 0.15) is 5.54 Å². The van der Waals surface area contributed by atoms with Crippen LogP contribution in [0.25, 0.3) is 0 Å². The minimum absolute atomic E-state index is 0.130. The SMILES string of the molecule is C#CCC(N)C(=O)N1CCCC1(C)C(=O)O. The molecular formula is C11H16N2O3. The molecule has 1 aliphatic rings. The summed E-state index contributed by atoms with van der Waals surface area (Å²) in [7, 11) is 0. The van der Waals surface area contributed by atoms with E-state index in [0.717, 1.165) is 0 Å². The van der Waals surface area contributed by atoms with E-state index in [2.05, 4.69) is 5.92 Å². The first kappa shape index (κ1) is 12.5. The predicted octanol–water partition coefficient (Wildman–Crippen LogP) is -0.197. The third-order valence-corrected chi connectivity index (χ3v) is 3.02. The predicted molar refractivity (Wildman–Crippen MR) is 58.4 cm³/mol. The molecule has 1 rings (SSSR count). The minimum atomic E-state index is -1.14. The molecule has 0 aromatic rings. The van der Waals surface area contributed by atoms with Gasteiger partial charge in [-0.15, -0.1) is 12.3 Å². The monoisotopic (exact) mass is 224 g/mol. The second-order valence-electron chi connectivity index (χ2n) is 4.19. The third kappa shape index (κ3) is 2.02. The molecule has 0 bridgehead atoms. The van der Waals surface area contributed by atoms with E-state index in [9.17, 15) is 9.59 Å². The van der Waals surface area contributed by atoms with Crippen LogP contribution in [0.1, 0.15) is 26.2 Å².